The van der Waals surface area contributed by atoms with Gasteiger partial charge in [0.05, 0.1) is 22.2 Å². The van der Waals surface area contributed by atoms with Crippen LogP contribution >= 0.6 is 11.6 Å². The third-order valence-corrected chi connectivity index (χ3v) is 10.6. The van der Waals surface area contributed by atoms with Gasteiger partial charge in [0.15, 0.2) is 21.5 Å². The third kappa shape index (κ3) is 5.57. The van der Waals surface area contributed by atoms with Gasteiger partial charge in [0.2, 0.25) is 0 Å². The number of nitrogens with zero attached hydrogens (tertiary/aromatic N) is 2. The molecule has 2 saturated carbocycles. The quantitative estimate of drug-likeness (QED) is 0.455. The molecule has 3 N–H and O–H groups in total. The smallest absolute Gasteiger partial charge is 0.165 e. The fraction of sp³-hybridized carbons (Fsp3) is 0.615. The van der Waals surface area contributed by atoms with Gasteiger partial charge in [0, 0.05) is 49.6 Å². The number of halogens is 2. The van der Waals surface area contributed by atoms with E-state index in [0.29, 0.717) is 40.6 Å². The van der Waals surface area contributed by atoms with Crippen LogP contribution in [0.2, 0.25) is 5.02 Å². The van der Waals surface area contributed by atoms with E-state index >= 15 is 0 Å². The number of ether oxygens (including phenoxy) is 1. The Labute approximate surface area is 222 Å². The van der Waals surface area contributed by atoms with Gasteiger partial charge in [-0.2, -0.15) is 0 Å². The molecule has 2 aromatic rings. The third-order valence-electron chi connectivity index (χ3n) is 8.47. The van der Waals surface area contributed by atoms with E-state index in [1.807, 2.05) is 6.07 Å². The summed E-state index contributed by atoms with van der Waals surface area (Å²) in [4.78, 5) is 9.04. The van der Waals surface area contributed by atoms with Gasteiger partial charge >= 0.3 is 0 Å². The first kappa shape index (κ1) is 25.3. The largest absolute Gasteiger partial charge is 0.381 e. The molecule has 4 heterocycles. The fourth-order valence-corrected chi connectivity index (χ4v) is 7.60. The minimum Gasteiger partial charge on any atom is -0.381 e. The van der Waals surface area contributed by atoms with E-state index in [4.69, 9.17) is 16.3 Å². The Balaban J connectivity index is 1.08. The van der Waals surface area contributed by atoms with Crippen LogP contribution in [-0.4, -0.2) is 67.8 Å². The van der Waals surface area contributed by atoms with Gasteiger partial charge < -0.3 is 20.7 Å². The molecule has 11 heteroatoms. The molecule has 0 aromatic carbocycles. The van der Waals surface area contributed by atoms with Crippen molar-refractivity contribution in [2.45, 2.75) is 56.7 Å². The standard InChI is InChI=1S/C26H33ClFN5O3S/c27-21-11-29-24(32-18-3-1-17(2-4-18)31-19-13-37(34,35)14-19)9-20(21)23-6-5-22(28)25(33-23)30-15-26-7-8-36-12-16(26)10-26/h5-6,9,11,16-19,31H,1-4,7-8,10,12-15H2,(H,29,32)(H,30,33). The van der Waals surface area contributed by atoms with Crippen LogP contribution in [0.25, 0.3) is 11.3 Å². The number of pyridine rings is 2. The molecule has 0 bridgehead atoms. The summed E-state index contributed by atoms with van der Waals surface area (Å²) in [5.41, 5.74) is 1.51. The summed E-state index contributed by atoms with van der Waals surface area (Å²) in [6.07, 6.45) is 7.62. The number of hydrogen-bond acceptors (Lipinski definition) is 8. The highest BCUT2D eigenvalue weighted by Gasteiger charge is 2.55. The Morgan fingerprint density at radius 3 is 2.68 bits per heavy atom. The van der Waals surface area contributed by atoms with E-state index in [0.717, 1.165) is 51.7 Å². The number of rotatable bonds is 8. The summed E-state index contributed by atoms with van der Waals surface area (Å²) in [7, 11) is -2.81. The molecule has 2 aromatic heterocycles. The van der Waals surface area contributed by atoms with Crippen molar-refractivity contribution in [2.24, 2.45) is 11.3 Å². The minimum atomic E-state index is -2.81. The Morgan fingerprint density at radius 1 is 1.14 bits per heavy atom. The topological polar surface area (TPSA) is 105 Å². The van der Waals surface area contributed by atoms with Gasteiger partial charge in [-0.15, -0.1) is 0 Å². The first-order valence-corrected chi connectivity index (χ1v) is 15.4. The van der Waals surface area contributed by atoms with Crippen LogP contribution in [0.4, 0.5) is 16.0 Å². The molecule has 2 aliphatic carbocycles. The van der Waals surface area contributed by atoms with Crippen molar-refractivity contribution in [2.75, 3.05) is 41.9 Å². The second kappa shape index (κ2) is 9.94. The summed E-state index contributed by atoms with van der Waals surface area (Å²) in [6.45, 7) is 2.25. The molecule has 2 saturated heterocycles. The van der Waals surface area contributed by atoms with Crippen LogP contribution in [0, 0.1) is 17.2 Å². The van der Waals surface area contributed by atoms with Crippen molar-refractivity contribution in [1.29, 1.82) is 0 Å². The van der Waals surface area contributed by atoms with E-state index in [1.54, 1.807) is 12.3 Å². The van der Waals surface area contributed by atoms with Gasteiger partial charge in [0.25, 0.3) is 0 Å². The van der Waals surface area contributed by atoms with Crippen molar-refractivity contribution in [3.8, 4) is 11.3 Å². The first-order chi connectivity index (χ1) is 17.8. The summed E-state index contributed by atoms with van der Waals surface area (Å²) < 4.78 is 42.9. The van der Waals surface area contributed by atoms with E-state index in [-0.39, 0.29) is 40.6 Å². The second-order valence-corrected chi connectivity index (χ2v) is 13.7. The zero-order chi connectivity index (χ0) is 25.6. The van der Waals surface area contributed by atoms with Crippen molar-refractivity contribution in [1.82, 2.24) is 15.3 Å². The van der Waals surface area contributed by atoms with Gasteiger partial charge in [-0.25, -0.2) is 22.8 Å². The Kier molecular flexibility index (Phi) is 6.79. The Morgan fingerprint density at radius 2 is 1.92 bits per heavy atom. The number of hydrogen-bond donors (Lipinski definition) is 3. The molecule has 200 valence electrons. The number of fused-ring (bicyclic) bond motifs is 1. The highest BCUT2D eigenvalue weighted by molar-refractivity contribution is 7.92. The predicted octanol–water partition coefficient (Wildman–Crippen LogP) is 3.88. The summed E-state index contributed by atoms with van der Waals surface area (Å²) in [6, 6.07) is 5.69. The number of anilines is 2. The van der Waals surface area contributed by atoms with Crippen LogP contribution < -0.4 is 16.0 Å². The maximum absolute atomic E-state index is 14.6. The van der Waals surface area contributed by atoms with Gasteiger partial charge in [-0.05, 0) is 68.1 Å². The molecule has 4 fully saturated rings. The Bertz CT molecular complexity index is 1260. The van der Waals surface area contributed by atoms with Gasteiger partial charge in [-0.1, -0.05) is 11.6 Å². The highest BCUT2D eigenvalue weighted by Crippen LogP contribution is 2.57. The van der Waals surface area contributed by atoms with Crippen LogP contribution in [0.15, 0.2) is 24.4 Å². The lowest BCUT2D eigenvalue weighted by molar-refractivity contribution is 0.0650. The molecule has 8 nitrogen and oxygen atoms in total. The van der Waals surface area contributed by atoms with E-state index in [2.05, 4.69) is 25.9 Å². The highest BCUT2D eigenvalue weighted by atomic mass is 35.5. The molecule has 6 rings (SSSR count). The second-order valence-electron chi connectivity index (χ2n) is 11.2. The lowest BCUT2D eigenvalue weighted by atomic mass is 9.90. The molecule has 2 unspecified atom stereocenters. The zero-order valence-corrected chi connectivity index (χ0v) is 22.3. The van der Waals surface area contributed by atoms with Crippen LogP contribution in [-0.2, 0) is 14.6 Å². The van der Waals surface area contributed by atoms with Crippen LogP contribution in [0.5, 0.6) is 0 Å². The van der Waals surface area contributed by atoms with Crippen molar-refractivity contribution < 1.29 is 17.5 Å². The first-order valence-electron chi connectivity index (χ1n) is 13.2. The molecule has 0 spiro atoms. The van der Waals surface area contributed by atoms with Gasteiger partial charge in [-0.3, -0.25) is 0 Å². The lowest BCUT2D eigenvalue weighted by Gasteiger charge is -2.35. The predicted molar refractivity (Wildman–Crippen MR) is 142 cm³/mol. The lowest BCUT2D eigenvalue weighted by Crippen LogP contribution is -2.55. The molecule has 0 amide bonds. The molecule has 0 radical (unpaired) electrons. The van der Waals surface area contributed by atoms with E-state index in [1.165, 1.54) is 6.07 Å². The van der Waals surface area contributed by atoms with Gasteiger partial charge in [0.1, 0.15) is 5.82 Å². The molecular weight excluding hydrogens is 517 g/mol. The van der Waals surface area contributed by atoms with E-state index in [9.17, 15) is 12.8 Å². The monoisotopic (exact) mass is 549 g/mol. The number of nitrogens with one attached hydrogen (secondary N) is 3. The molecule has 37 heavy (non-hydrogen) atoms. The molecule has 2 atom stereocenters. The summed E-state index contributed by atoms with van der Waals surface area (Å²) in [5.74, 6) is 1.66. The zero-order valence-electron chi connectivity index (χ0n) is 20.7. The Hall–Kier alpha value is -2.01. The average molecular weight is 550 g/mol. The van der Waals surface area contributed by atoms with Crippen LogP contribution in [0.3, 0.4) is 0 Å². The van der Waals surface area contributed by atoms with Crippen molar-refractivity contribution in [3.05, 3.63) is 35.2 Å². The van der Waals surface area contributed by atoms with Crippen molar-refractivity contribution >= 4 is 33.1 Å². The summed E-state index contributed by atoms with van der Waals surface area (Å²) >= 11 is 6.49. The molecular formula is C26H33ClFN5O3S. The maximum Gasteiger partial charge on any atom is 0.165 e. The normalized spacial score (nSPS) is 30.7. The maximum atomic E-state index is 14.6. The number of aromatic nitrogens is 2. The minimum absolute atomic E-state index is 0.102. The van der Waals surface area contributed by atoms with Crippen LogP contribution in [0.1, 0.15) is 38.5 Å². The SMILES string of the molecule is O=S1(=O)CC(NC2CCC(Nc3cc(-c4ccc(F)c(NCC56CCOCC5C6)n4)c(Cl)cn3)CC2)C1. The average Bonchev–Trinajstić information content (AvgIpc) is 3.60. The summed E-state index contributed by atoms with van der Waals surface area (Å²) in [5, 5.41) is 10.7. The van der Waals surface area contributed by atoms with Crippen molar-refractivity contribution in [3.63, 3.8) is 0 Å². The molecule has 2 aliphatic heterocycles. The number of sulfone groups is 1. The molecule has 4 aliphatic rings. The fourth-order valence-electron chi connectivity index (χ4n) is 6.08. The van der Waals surface area contributed by atoms with E-state index < -0.39 is 9.84 Å².